The summed E-state index contributed by atoms with van der Waals surface area (Å²) in [5.41, 5.74) is 3.34. The first kappa shape index (κ1) is 16.5. The number of aromatic amines is 1. The van der Waals surface area contributed by atoms with Gasteiger partial charge < -0.3 is 15.2 Å². The number of H-pyrrole nitrogens is 1. The number of amides is 1. The van der Waals surface area contributed by atoms with Crippen molar-refractivity contribution < 1.29 is 4.79 Å². The molecule has 2 N–H and O–H groups in total. The zero-order chi connectivity index (χ0) is 18.3. The summed E-state index contributed by atoms with van der Waals surface area (Å²) in [4.78, 5) is 33.6. The molecule has 1 aromatic carbocycles. The number of carbonyl (C=O) groups is 1. The lowest BCUT2D eigenvalue weighted by Gasteiger charge is -2.20. The lowest BCUT2D eigenvalue weighted by molar-refractivity contribution is 0.0781. The number of nitrogens with zero attached hydrogens (tertiary/aromatic N) is 4. The fourth-order valence-corrected chi connectivity index (χ4v) is 3.28. The van der Waals surface area contributed by atoms with Gasteiger partial charge in [-0.3, -0.25) is 14.3 Å². The third-order valence-corrected chi connectivity index (χ3v) is 4.72. The Hall–Kier alpha value is -3.00. The lowest BCUT2D eigenvalue weighted by atomic mass is 9.98. The number of rotatable bonds is 3. The SMILES string of the molecule is CN(Cc1nc2c(cnn2C)c(=O)[nH]1)C(=O)c1ccc2c(c1)CNCC2. The van der Waals surface area contributed by atoms with Crippen molar-refractivity contribution in [3.05, 3.63) is 57.3 Å². The van der Waals surface area contributed by atoms with Gasteiger partial charge in [0.2, 0.25) is 0 Å². The molecule has 3 heterocycles. The van der Waals surface area contributed by atoms with Gasteiger partial charge in [0.1, 0.15) is 11.2 Å². The number of hydrogen-bond donors (Lipinski definition) is 2. The molecular formula is C18H20N6O2. The van der Waals surface area contributed by atoms with Crippen LogP contribution in [-0.2, 0) is 26.6 Å². The Balaban J connectivity index is 1.58. The molecule has 0 bridgehead atoms. The van der Waals surface area contributed by atoms with Crippen molar-refractivity contribution in [2.45, 2.75) is 19.5 Å². The Kier molecular flexibility index (Phi) is 4.04. The summed E-state index contributed by atoms with van der Waals surface area (Å²) in [7, 11) is 3.43. The molecule has 1 aliphatic rings. The minimum Gasteiger partial charge on any atom is -0.334 e. The van der Waals surface area contributed by atoms with Crippen LogP contribution in [0.4, 0.5) is 0 Å². The summed E-state index contributed by atoms with van der Waals surface area (Å²) in [5, 5.41) is 7.80. The fourth-order valence-electron chi connectivity index (χ4n) is 3.28. The Labute approximate surface area is 149 Å². The maximum atomic E-state index is 12.8. The third kappa shape index (κ3) is 2.88. The van der Waals surface area contributed by atoms with Gasteiger partial charge >= 0.3 is 0 Å². The topological polar surface area (TPSA) is 95.9 Å². The average molecular weight is 352 g/mol. The smallest absolute Gasteiger partial charge is 0.262 e. The number of benzene rings is 1. The first-order valence-electron chi connectivity index (χ1n) is 8.52. The molecule has 2 aromatic heterocycles. The highest BCUT2D eigenvalue weighted by atomic mass is 16.2. The summed E-state index contributed by atoms with van der Waals surface area (Å²) in [5.74, 6) is 0.327. The molecule has 26 heavy (non-hydrogen) atoms. The predicted molar refractivity (Wildman–Crippen MR) is 96.8 cm³/mol. The average Bonchev–Trinajstić information content (AvgIpc) is 3.02. The largest absolute Gasteiger partial charge is 0.334 e. The van der Waals surface area contributed by atoms with Gasteiger partial charge in [-0.15, -0.1) is 0 Å². The molecule has 0 unspecified atom stereocenters. The van der Waals surface area contributed by atoms with E-state index >= 15 is 0 Å². The van der Waals surface area contributed by atoms with Gasteiger partial charge in [0.25, 0.3) is 11.5 Å². The van der Waals surface area contributed by atoms with E-state index < -0.39 is 0 Å². The van der Waals surface area contributed by atoms with Crippen LogP contribution < -0.4 is 10.9 Å². The molecule has 0 saturated heterocycles. The van der Waals surface area contributed by atoms with Crippen LogP contribution in [0.1, 0.15) is 27.3 Å². The van der Waals surface area contributed by atoms with Crippen LogP contribution in [0.15, 0.2) is 29.2 Å². The number of aromatic nitrogens is 4. The van der Waals surface area contributed by atoms with Crippen molar-refractivity contribution in [2.24, 2.45) is 7.05 Å². The van der Waals surface area contributed by atoms with Gasteiger partial charge in [-0.25, -0.2) is 4.98 Å². The van der Waals surface area contributed by atoms with Gasteiger partial charge in [-0.1, -0.05) is 6.07 Å². The molecule has 1 aliphatic heterocycles. The highest BCUT2D eigenvalue weighted by molar-refractivity contribution is 5.94. The predicted octanol–water partition coefficient (Wildman–Crippen LogP) is 0.574. The van der Waals surface area contributed by atoms with E-state index in [4.69, 9.17) is 0 Å². The lowest BCUT2D eigenvalue weighted by Crippen LogP contribution is -2.29. The first-order valence-corrected chi connectivity index (χ1v) is 8.52. The number of aryl methyl sites for hydroxylation is 1. The highest BCUT2D eigenvalue weighted by Gasteiger charge is 2.17. The first-order chi connectivity index (χ1) is 12.5. The molecule has 0 saturated carbocycles. The van der Waals surface area contributed by atoms with Gasteiger partial charge in [-0.05, 0) is 36.2 Å². The van der Waals surface area contributed by atoms with Crippen molar-refractivity contribution in [3.8, 4) is 0 Å². The van der Waals surface area contributed by atoms with Gasteiger partial charge in [-0.2, -0.15) is 5.10 Å². The summed E-state index contributed by atoms with van der Waals surface area (Å²) in [6.45, 7) is 1.96. The molecule has 134 valence electrons. The second kappa shape index (κ2) is 6.38. The quantitative estimate of drug-likeness (QED) is 0.719. The van der Waals surface area contributed by atoms with Crippen molar-refractivity contribution in [1.82, 2.24) is 30.0 Å². The van der Waals surface area contributed by atoms with Crippen LogP contribution in [0.3, 0.4) is 0 Å². The molecule has 4 rings (SSSR count). The third-order valence-electron chi connectivity index (χ3n) is 4.72. The Morgan fingerprint density at radius 2 is 2.19 bits per heavy atom. The Morgan fingerprint density at radius 3 is 3.04 bits per heavy atom. The van der Waals surface area contributed by atoms with E-state index in [1.807, 2.05) is 18.2 Å². The molecule has 1 amide bonds. The van der Waals surface area contributed by atoms with E-state index in [1.165, 1.54) is 17.3 Å². The van der Waals surface area contributed by atoms with Crippen LogP contribution >= 0.6 is 0 Å². The molecule has 0 atom stereocenters. The highest BCUT2D eigenvalue weighted by Crippen LogP contribution is 2.17. The van der Waals surface area contributed by atoms with Crippen molar-refractivity contribution in [1.29, 1.82) is 0 Å². The number of hydrogen-bond acceptors (Lipinski definition) is 5. The van der Waals surface area contributed by atoms with Crippen molar-refractivity contribution in [2.75, 3.05) is 13.6 Å². The van der Waals surface area contributed by atoms with E-state index in [2.05, 4.69) is 20.4 Å². The minimum absolute atomic E-state index is 0.105. The number of nitrogens with one attached hydrogen (secondary N) is 2. The molecule has 8 heteroatoms. The van der Waals surface area contributed by atoms with E-state index in [-0.39, 0.29) is 18.0 Å². The summed E-state index contributed by atoms with van der Waals surface area (Å²) < 4.78 is 1.55. The number of fused-ring (bicyclic) bond motifs is 2. The number of carbonyl (C=O) groups excluding carboxylic acids is 1. The molecule has 0 fully saturated rings. The van der Waals surface area contributed by atoms with E-state index in [0.717, 1.165) is 19.5 Å². The Bertz CT molecular complexity index is 1050. The maximum absolute atomic E-state index is 12.8. The summed E-state index contributed by atoms with van der Waals surface area (Å²) in [6.07, 6.45) is 2.47. The minimum atomic E-state index is -0.251. The van der Waals surface area contributed by atoms with Gasteiger partial charge in [0.15, 0.2) is 5.65 Å². The molecule has 0 aliphatic carbocycles. The molecule has 0 spiro atoms. The van der Waals surface area contributed by atoms with Crippen molar-refractivity contribution >= 4 is 16.9 Å². The second-order valence-corrected chi connectivity index (χ2v) is 6.59. The van der Waals surface area contributed by atoms with Gasteiger partial charge in [0.05, 0.1) is 12.7 Å². The van der Waals surface area contributed by atoms with E-state index in [1.54, 1.807) is 23.7 Å². The standard InChI is InChI=1S/C18H20N6O2/c1-23(10-15-21-16-14(17(25)22-15)9-20-24(16)2)18(26)12-4-3-11-5-6-19-8-13(11)7-12/h3-4,7,9,19H,5-6,8,10H2,1-2H3,(H,21,22,25). The Morgan fingerprint density at radius 1 is 1.35 bits per heavy atom. The van der Waals surface area contributed by atoms with Crippen LogP contribution in [0.2, 0.25) is 0 Å². The van der Waals surface area contributed by atoms with Crippen LogP contribution in [-0.4, -0.2) is 44.1 Å². The van der Waals surface area contributed by atoms with Crippen LogP contribution in [0.25, 0.3) is 11.0 Å². The normalized spacial score (nSPS) is 13.6. The summed E-state index contributed by atoms with van der Waals surface area (Å²) in [6, 6.07) is 5.84. The zero-order valence-corrected chi connectivity index (χ0v) is 14.7. The molecular weight excluding hydrogens is 332 g/mol. The van der Waals surface area contributed by atoms with Gasteiger partial charge in [0, 0.05) is 26.2 Å². The second-order valence-electron chi connectivity index (χ2n) is 6.59. The summed E-state index contributed by atoms with van der Waals surface area (Å²) >= 11 is 0. The van der Waals surface area contributed by atoms with Crippen LogP contribution in [0, 0.1) is 0 Å². The van der Waals surface area contributed by atoms with E-state index in [0.29, 0.717) is 22.4 Å². The molecule has 3 aromatic rings. The maximum Gasteiger partial charge on any atom is 0.262 e. The fraction of sp³-hybridized carbons (Fsp3) is 0.333. The molecule has 0 radical (unpaired) electrons. The van der Waals surface area contributed by atoms with E-state index in [9.17, 15) is 9.59 Å². The zero-order valence-electron chi connectivity index (χ0n) is 14.7. The monoisotopic (exact) mass is 352 g/mol. The molecule has 8 nitrogen and oxygen atoms in total. The van der Waals surface area contributed by atoms with Crippen LogP contribution in [0.5, 0.6) is 0 Å². The van der Waals surface area contributed by atoms with Crippen molar-refractivity contribution in [3.63, 3.8) is 0 Å².